The third-order valence-electron chi connectivity index (χ3n) is 7.04. The predicted octanol–water partition coefficient (Wildman–Crippen LogP) is 6.88. The van der Waals surface area contributed by atoms with Crippen LogP contribution in [-0.2, 0) is 6.18 Å². The third-order valence-corrected chi connectivity index (χ3v) is 8.92. The Morgan fingerprint density at radius 3 is 2.58 bits per heavy atom. The van der Waals surface area contributed by atoms with Gasteiger partial charge in [-0.3, -0.25) is 14.9 Å². The zero-order valence-electron chi connectivity index (χ0n) is 19.9. The van der Waals surface area contributed by atoms with Gasteiger partial charge >= 0.3 is 6.18 Å². The quantitative estimate of drug-likeness (QED) is 0.290. The number of aryl methyl sites for hydroxylation is 1. The van der Waals surface area contributed by atoms with Crippen LogP contribution in [0.5, 0.6) is 0 Å². The molecule has 1 aliphatic heterocycles. The lowest BCUT2D eigenvalue weighted by atomic mass is 9.77. The molecule has 2 aliphatic rings. The molecule has 1 saturated heterocycles. The van der Waals surface area contributed by atoms with Crippen molar-refractivity contribution in [1.82, 2.24) is 9.88 Å². The monoisotopic (exact) mass is 583 g/mol. The van der Waals surface area contributed by atoms with Gasteiger partial charge in [-0.25, -0.2) is 4.98 Å². The molecule has 1 fully saturated rings. The molecule has 1 aromatic carbocycles. The van der Waals surface area contributed by atoms with Gasteiger partial charge in [-0.1, -0.05) is 41.1 Å². The maximum atomic E-state index is 13.4. The molecule has 1 aliphatic carbocycles. The van der Waals surface area contributed by atoms with Crippen molar-refractivity contribution in [3.8, 4) is 10.6 Å². The van der Waals surface area contributed by atoms with Crippen LogP contribution in [0.3, 0.4) is 0 Å². The van der Waals surface area contributed by atoms with E-state index in [0.29, 0.717) is 38.7 Å². The van der Waals surface area contributed by atoms with Gasteiger partial charge < -0.3 is 4.90 Å². The largest absolute Gasteiger partial charge is 0.416 e. The molecule has 11 heteroatoms. The number of nitro groups is 1. The van der Waals surface area contributed by atoms with Gasteiger partial charge in [0.25, 0.3) is 5.91 Å². The van der Waals surface area contributed by atoms with E-state index in [-0.39, 0.29) is 22.7 Å². The number of alkyl halides is 3. The van der Waals surface area contributed by atoms with Crippen LogP contribution in [0.1, 0.15) is 47.6 Å². The summed E-state index contributed by atoms with van der Waals surface area (Å²) in [6, 6.07) is 4.76. The molecule has 192 valence electrons. The molecule has 4 rings (SSSR count). The summed E-state index contributed by atoms with van der Waals surface area (Å²) in [7, 11) is 0. The first kappa shape index (κ1) is 26.5. The molecule has 36 heavy (non-hydrogen) atoms. The average molecular weight is 584 g/mol. The Labute approximate surface area is 219 Å². The molecule has 0 N–H and O–H groups in total. The Kier molecular flexibility index (Phi) is 7.18. The number of amides is 1. The van der Waals surface area contributed by atoms with Gasteiger partial charge in [0.1, 0.15) is 9.88 Å². The van der Waals surface area contributed by atoms with E-state index in [1.807, 2.05) is 13.0 Å². The number of thiazole rings is 1. The summed E-state index contributed by atoms with van der Waals surface area (Å²) < 4.78 is 39.3. The van der Waals surface area contributed by atoms with E-state index in [4.69, 9.17) is 0 Å². The molecule has 3 unspecified atom stereocenters. The predicted molar refractivity (Wildman–Crippen MR) is 136 cm³/mol. The van der Waals surface area contributed by atoms with Gasteiger partial charge in [0, 0.05) is 52.9 Å². The third kappa shape index (κ3) is 5.00. The number of allylic oxidation sites excluding steroid dienone is 1. The standard InChI is InChI=1S/C25H25BrF3N3O3S/c1-14-11-19(20(26)12-24(14,3)32(34)35)17-5-4-10-31(13-17)23(33)21-15(2)30-22(36-21)16-6-8-18(9-7-16)25(27,28)29/h6-9,11-12,14,17H,4-5,10,13H2,1-3H3. The Hall–Kier alpha value is -2.53. The van der Waals surface area contributed by atoms with E-state index in [2.05, 4.69) is 20.9 Å². The lowest BCUT2D eigenvalue weighted by Gasteiger charge is -2.36. The minimum atomic E-state index is -4.42. The summed E-state index contributed by atoms with van der Waals surface area (Å²) in [4.78, 5) is 31.5. The first-order valence-corrected chi connectivity index (χ1v) is 13.1. The van der Waals surface area contributed by atoms with Crippen molar-refractivity contribution in [2.75, 3.05) is 13.1 Å². The van der Waals surface area contributed by atoms with Crippen LogP contribution < -0.4 is 0 Å². The summed E-state index contributed by atoms with van der Waals surface area (Å²) in [5.41, 5.74) is 0.110. The van der Waals surface area contributed by atoms with Crippen LogP contribution in [0.4, 0.5) is 13.2 Å². The lowest BCUT2D eigenvalue weighted by molar-refractivity contribution is -0.557. The number of likely N-dealkylation sites (tertiary alicyclic amines) is 1. The van der Waals surface area contributed by atoms with Crippen LogP contribution in [0, 0.1) is 28.9 Å². The first-order valence-electron chi connectivity index (χ1n) is 11.5. The summed E-state index contributed by atoms with van der Waals surface area (Å²) in [5.74, 6) is -0.424. The van der Waals surface area contributed by atoms with Gasteiger partial charge in [-0.15, -0.1) is 11.3 Å². The number of carbonyl (C=O) groups excluding carboxylic acids is 1. The number of piperidine rings is 1. The second-order valence-electron chi connectivity index (χ2n) is 9.48. The van der Waals surface area contributed by atoms with Crippen molar-refractivity contribution < 1.29 is 22.9 Å². The zero-order chi connectivity index (χ0) is 26.4. The number of halogens is 4. The number of benzene rings is 1. The molecular formula is C25H25BrF3N3O3S. The van der Waals surface area contributed by atoms with Crippen molar-refractivity contribution >= 4 is 33.2 Å². The summed E-state index contributed by atoms with van der Waals surface area (Å²) >= 11 is 4.70. The first-order chi connectivity index (χ1) is 16.8. The van der Waals surface area contributed by atoms with Crippen LogP contribution in [0.25, 0.3) is 10.6 Å². The number of hydrogen-bond donors (Lipinski definition) is 0. The molecule has 2 aromatic rings. The Morgan fingerprint density at radius 2 is 1.97 bits per heavy atom. The van der Waals surface area contributed by atoms with E-state index in [9.17, 15) is 28.1 Å². The van der Waals surface area contributed by atoms with Crippen LogP contribution >= 0.6 is 27.3 Å². The molecule has 0 saturated carbocycles. The molecule has 2 heterocycles. The zero-order valence-corrected chi connectivity index (χ0v) is 22.3. The maximum Gasteiger partial charge on any atom is 0.416 e. The smallest absolute Gasteiger partial charge is 0.337 e. The minimum Gasteiger partial charge on any atom is -0.337 e. The van der Waals surface area contributed by atoms with Crippen LogP contribution in [0.15, 0.2) is 46.5 Å². The van der Waals surface area contributed by atoms with Crippen molar-refractivity contribution in [2.45, 2.75) is 45.3 Å². The second kappa shape index (κ2) is 9.74. The topological polar surface area (TPSA) is 76.3 Å². The normalized spacial score (nSPS) is 24.8. The molecular weight excluding hydrogens is 559 g/mol. The highest BCUT2D eigenvalue weighted by molar-refractivity contribution is 9.12. The minimum absolute atomic E-state index is 0.0367. The molecule has 1 amide bonds. The van der Waals surface area contributed by atoms with E-state index < -0.39 is 17.3 Å². The van der Waals surface area contributed by atoms with Crippen LogP contribution in [0.2, 0.25) is 0 Å². The van der Waals surface area contributed by atoms with Gasteiger partial charge in [-0.2, -0.15) is 13.2 Å². The number of nitrogens with zero attached hydrogens (tertiary/aromatic N) is 3. The fourth-order valence-electron chi connectivity index (χ4n) is 4.62. The lowest BCUT2D eigenvalue weighted by Crippen LogP contribution is -2.43. The van der Waals surface area contributed by atoms with Crippen molar-refractivity contribution in [3.63, 3.8) is 0 Å². The second-order valence-corrected chi connectivity index (χ2v) is 11.3. The van der Waals surface area contributed by atoms with Gasteiger partial charge in [0.2, 0.25) is 5.54 Å². The van der Waals surface area contributed by atoms with E-state index in [0.717, 1.165) is 30.5 Å². The molecule has 3 atom stereocenters. The highest BCUT2D eigenvalue weighted by Crippen LogP contribution is 2.41. The number of hydrogen-bond acceptors (Lipinski definition) is 5. The van der Waals surface area contributed by atoms with Crippen molar-refractivity contribution in [1.29, 1.82) is 0 Å². The van der Waals surface area contributed by atoms with Gasteiger partial charge in [-0.05, 0) is 37.5 Å². The summed E-state index contributed by atoms with van der Waals surface area (Å²) in [6.07, 6.45) is 0.821. The Morgan fingerprint density at radius 1 is 1.31 bits per heavy atom. The molecule has 1 aromatic heterocycles. The van der Waals surface area contributed by atoms with Gasteiger partial charge in [0.15, 0.2) is 0 Å². The molecule has 0 bridgehead atoms. The number of carbonyl (C=O) groups is 1. The summed E-state index contributed by atoms with van der Waals surface area (Å²) in [6.45, 7) is 6.21. The summed E-state index contributed by atoms with van der Waals surface area (Å²) in [5, 5.41) is 12.1. The highest BCUT2D eigenvalue weighted by Gasteiger charge is 2.44. The van der Waals surface area contributed by atoms with Gasteiger partial charge in [0.05, 0.1) is 11.3 Å². The fourth-order valence-corrected chi connectivity index (χ4v) is 6.58. The van der Waals surface area contributed by atoms with Crippen LogP contribution in [-0.4, -0.2) is 39.3 Å². The van der Waals surface area contributed by atoms with E-state index >= 15 is 0 Å². The van der Waals surface area contributed by atoms with E-state index in [1.165, 1.54) is 23.5 Å². The molecule has 0 spiro atoms. The average Bonchev–Trinajstić information content (AvgIpc) is 3.22. The molecule has 0 radical (unpaired) electrons. The maximum absolute atomic E-state index is 13.4. The van der Waals surface area contributed by atoms with E-state index in [1.54, 1.807) is 24.8 Å². The fraction of sp³-hybridized carbons (Fsp3) is 0.440. The van der Waals surface area contributed by atoms with Crippen molar-refractivity contribution in [3.05, 3.63) is 72.7 Å². The molecule has 6 nitrogen and oxygen atoms in total. The number of aromatic nitrogens is 1. The SMILES string of the molecule is Cc1nc(-c2ccc(C(F)(F)F)cc2)sc1C(=O)N1CCCC(C2=CC(C)C(C)([N+](=O)[O-])C=C2Br)C1. The van der Waals surface area contributed by atoms with Crippen molar-refractivity contribution in [2.24, 2.45) is 11.8 Å². The number of rotatable bonds is 4. The highest BCUT2D eigenvalue weighted by atomic mass is 79.9. The Balaban J connectivity index is 1.53. The Bertz CT molecular complexity index is 1260.